The number of aromatic nitrogens is 6. The molecule has 0 unspecified atom stereocenters. The van der Waals surface area contributed by atoms with Crippen LogP contribution in [-0.2, 0) is 26.2 Å². The van der Waals surface area contributed by atoms with E-state index < -0.39 is 0 Å². The Kier molecular flexibility index (Phi) is 5.81. The molecular formula is C44H32N6+2. The van der Waals surface area contributed by atoms with Crippen molar-refractivity contribution in [3.63, 3.8) is 0 Å². The second-order valence-electron chi connectivity index (χ2n) is 13.7. The highest BCUT2D eigenvalue weighted by Crippen LogP contribution is 2.29. The summed E-state index contributed by atoms with van der Waals surface area (Å²) in [6.45, 7) is 2.87. The van der Waals surface area contributed by atoms with Crippen molar-refractivity contribution < 1.29 is 9.13 Å². The second-order valence-corrected chi connectivity index (χ2v) is 13.7. The molecule has 1 aliphatic heterocycles. The fraction of sp³-hybridized carbons (Fsp3) is 0.0909. The number of rotatable bonds is 0. The quantitative estimate of drug-likeness (QED) is 0.124. The first-order valence-electron chi connectivity index (χ1n) is 17.3. The Balaban J connectivity index is 1.21. The Morgan fingerprint density at radius 1 is 0.400 bits per heavy atom. The molecule has 11 rings (SSSR count). The van der Waals surface area contributed by atoms with E-state index >= 15 is 0 Å². The van der Waals surface area contributed by atoms with E-state index in [2.05, 4.69) is 164 Å². The third-order valence-corrected chi connectivity index (χ3v) is 10.6. The largest absolute Gasteiger partial charge is 0.247 e. The van der Waals surface area contributed by atoms with Gasteiger partial charge in [0.25, 0.3) is 0 Å². The summed E-state index contributed by atoms with van der Waals surface area (Å²) in [5.74, 6) is 0. The number of benzene rings is 6. The van der Waals surface area contributed by atoms with Crippen LogP contribution in [0.3, 0.4) is 0 Å². The third-order valence-electron chi connectivity index (χ3n) is 10.6. The average molecular weight is 645 g/mol. The number of imidazole rings is 2. The van der Waals surface area contributed by atoms with E-state index in [4.69, 9.17) is 9.97 Å². The van der Waals surface area contributed by atoms with Gasteiger partial charge in [-0.3, -0.25) is 0 Å². The highest BCUT2D eigenvalue weighted by Gasteiger charge is 2.22. The number of pyridine rings is 2. The van der Waals surface area contributed by atoms with Crippen molar-refractivity contribution >= 4 is 65.7 Å². The molecule has 1 aliphatic rings. The number of nitrogens with zero attached hydrogens (tertiary/aromatic N) is 6. The molecule has 6 nitrogen and oxygen atoms in total. The van der Waals surface area contributed by atoms with Crippen LogP contribution >= 0.6 is 0 Å². The number of para-hydroxylation sites is 8. The lowest BCUT2D eigenvalue weighted by molar-refractivity contribution is -0.663. The smallest absolute Gasteiger partial charge is 0.245 e. The van der Waals surface area contributed by atoms with Crippen LogP contribution in [-0.4, -0.2) is 19.1 Å². The minimum absolute atomic E-state index is 0.718. The summed E-state index contributed by atoms with van der Waals surface area (Å²) < 4.78 is 9.49. The topological polar surface area (TPSA) is 43.4 Å². The molecule has 0 aliphatic carbocycles. The van der Waals surface area contributed by atoms with Gasteiger partial charge < -0.3 is 0 Å². The zero-order valence-electron chi connectivity index (χ0n) is 27.4. The molecule has 10 aromatic rings. The van der Waals surface area contributed by atoms with Crippen LogP contribution in [0, 0.1) is 0 Å². The summed E-state index contributed by atoms with van der Waals surface area (Å²) in [7, 11) is 0. The van der Waals surface area contributed by atoms with Crippen LogP contribution in [0.5, 0.6) is 0 Å². The van der Waals surface area contributed by atoms with Crippen LogP contribution in [0.1, 0.15) is 22.3 Å². The molecule has 8 bridgehead atoms. The van der Waals surface area contributed by atoms with Gasteiger partial charge in [0.2, 0.25) is 12.7 Å². The Morgan fingerprint density at radius 3 is 1.22 bits per heavy atom. The molecule has 0 saturated heterocycles. The van der Waals surface area contributed by atoms with Gasteiger partial charge in [-0.05, 0) is 36.4 Å². The van der Waals surface area contributed by atoms with Gasteiger partial charge >= 0.3 is 0 Å². The molecule has 0 spiro atoms. The highest BCUT2D eigenvalue weighted by atomic mass is 15.1. The molecule has 0 amide bonds. The van der Waals surface area contributed by atoms with Crippen molar-refractivity contribution in [2.45, 2.75) is 26.2 Å². The fourth-order valence-electron chi connectivity index (χ4n) is 8.25. The van der Waals surface area contributed by atoms with E-state index in [9.17, 15) is 0 Å². The van der Waals surface area contributed by atoms with Crippen LogP contribution < -0.4 is 9.13 Å². The molecule has 5 heterocycles. The Labute approximate surface area is 287 Å². The summed E-state index contributed by atoms with van der Waals surface area (Å²) in [5.41, 5.74) is 13.8. The Bertz CT molecular complexity index is 2610. The van der Waals surface area contributed by atoms with Crippen molar-refractivity contribution in [3.8, 4) is 0 Å². The standard InChI is InChI=1S/C44H32N6/c1-2-18-38-37(17-1)47-23-33-13-5-9-29-21-31-11-7-15-35(43(31)45-41(29)33)25-49-28-50(40-20-4-3-19-39(40)49)26-36-16-8-12-32-22-30-10-6-14-34(24-48(38)27-47)42(30)46-44(32)36/h1-22,27-28H,23-26H2/q+2. The lowest BCUT2D eigenvalue weighted by Crippen LogP contribution is -2.33. The van der Waals surface area contributed by atoms with Gasteiger partial charge in [-0.1, -0.05) is 97.1 Å². The van der Waals surface area contributed by atoms with Gasteiger partial charge in [0.1, 0.15) is 26.2 Å². The SMILES string of the molecule is c1cc2c3nc4c(cccc4cc3c1)Cn1c[n+](c3ccccc31)Cc1cccc3cc4cccc(c4nc13)C[n+]1cn(c3ccccc31)C2. The molecule has 6 aromatic carbocycles. The van der Waals surface area contributed by atoms with Gasteiger partial charge in [-0.2, -0.15) is 0 Å². The molecule has 4 aromatic heterocycles. The predicted molar refractivity (Wildman–Crippen MR) is 199 cm³/mol. The van der Waals surface area contributed by atoms with Crippen molar-refractivity contribution in [1.82, 2.24) is 19.1 Å². The average Bonchev–Trinajstić information content (AvgIpc) is 3.67. The normalized spacial score (nSPS) is 13.3. The molecule has 6 heteroatoms. The maximum absolute atomic E-state index is 5.46. The maximum Gasteiger partial charge on any atom is 0.245 e. The van der Waals surface area contributed by atoms with Crippen molar-refractivity contribution in [2.24, 2.45) is 0 Å². The van der Waals surface area contributed by atoms with E-state index in [1.807, 2.05) is 0 Å². The summed E-state index contributed by atoms with van der Waals surface area (Å²) in [6, 6.07) is 48.4. The predicted octanol–water partition coefficient (Wildman–Crippen LogP) is 8.08. The Morgan fingerprint density at radius 2 is 0.780 bits per heavy atom. The third kappa shape index (κ3) is 4.21. The monoisotopic (exact) mass is 644 g/mol. The molecule has 0 fully saturated rings. The minimum atomic E-state index is 0.718. The first kappa shape index (κ1) is 27.5. The van der Waals surface area contributed by atoms with Crippen LogP contribution in [0.2, 0.25) is 0 Å². The first-order valence-corrected chi connectivity index (χ1v) is 17.3. The molecule has 0 radical (unpaired) electrons. The minimum Gasteiger partial charge on any atom is -0.247 e. The van der Waals surface area contributed by atoms with Crippen LogP contribution in [0.25, 0.3) is 65.7 Å². The lowest BCUT2D eigenvalue weighted by atomic mass is 10.0. The van der Waals surface area contributed by atoms with Crippen molar-refractivity contribution in [3.05, 3.63) is 168 Å². The molecule has 236 valence electrons. The molecule has 0 atom stereocenters. The van der Waals surface area contributed by atoms with E-state index in [-0.39, 0.29) is 0 Å². The van der Waals surface area contributed by atoms with E-state index in [1.165, 1.54) is 44.3 Å². The van der Waals surface area contributed by atoms with Gasteiger partial charge in [-0.15, -0.1) is 0 Å². The number of fused-ring (bicyclic) bond motifs is 10. The first-order chi connectivity index (χ1) is 24.7. The van der Waals surface area contributed by atoms with Crippen LogP contribution in [0.15, 0.2) is 146 Å². The summed E-state index contributed by atoms with van der Waals surface area (Å²) in [4.78, 5) is 10.9. The second kappa shape index (κ2) is 10.5. The van der Waals surface area contributed by atoms with Crippen molar-refractivity contribution in [1.29, 1.82) is 0 Å². The highest BCUT2D eigenvalue weighted by molar-refractivity contribution is 5.96. The Hall–Kier alpha value is -6.40. The zero-order chi connectivity index (χ0) is 32.8. The molecule has 0 N–H and O–H groups in total. The van der Waals surface area contributed by atoms with Crippen LogP contribution in [0.4, 0.5) is 0 Å². The van der Waals surface area contributed by atoms with Gasteiger partial charge in [-0.25, -0.2) is 28.2 Å². The number of hydrogen-bond acceptors (Lipinski definition) is 2. The summed E-state index contributed by atoms with van der Waals surface area (Å²) in [5, 5.41) is 4.65. The van der Waals surface area contributed by atoms with E-state index in [1.54, 1.807) is 0 Å². The molecule has 0 saturated carbocycles. The number of hydrogen-bond donors (Lipinski definition) is 0. The van der Waals surface area contributed by atoms with Gasteiger partial charge in [0, 0.05) is 43.8 Å². The lowest BCUT2D eigenvalue weighted by Gasteiger charge is -2.10. The van der Waals surface area contributed by atoms with Gasteiger partial charge in [0.15, 0.2) is 22.1 Å². The fourth-order valence-corrected chi connectivity index (χ4v) is 8.25. The zero-order valence-corrected chi connectivity index (χ0v) is 27.4. The molecule has 50 heavy (non-hydrogen) atoms. The van der Waals surface area contributed by atoms with Crippen molar-refractivity contribution in [2.75, 3.05) is 0 Å². The van der Waals surface area contributed by atoms with E-state index in [0.29, 0.717) is 0 Å². The summed E-state index contributed by atoms with van der Waals surface area (Å²) in [6.07, 6.45) is 4.54. The maximum atomic E-state index is 5.46. The van der Waals surface area contributed by atoms with E-state index in [0.717, 1.165) is 69.8 Å². The molecular weight excluding hydrogens is 613 g/mol. The summed E-state index contributed by atoms with van der Waals surface area (Å²) >= 11 is 0. The van der Waals surface area contributed by atoms with Gasteiger partial charge in [0.05, 0.1) is 22.1 Å².